The Morgan fingerprint density at radius 1 is 0.677 bits per heavy atom. The number of carbonyl (C=O) groups is 2. The third-order valence-corrected chi connectivity index (χ3v) is 5.56. The van der Waals surface area contributed by atoms with Crippen LogP contribution in [0.4, 0.5) is 0 Å². The number of rotatable bonds is 23. The first kappa shape index (κ1) is 29.4. The number of aliphatic carboxylic acids is 2. The second-order valence-electron chi connectivity index (χ2n) is 8.53. The van der Waals surface area contributed by atoms with Crippen LogP contribution in [0.15, 0.2) is 23.8 Å². The highest BCUT2D eigenvalue weighted by Gasteiger charge is 2.09. The van der Waals surface area contributed by atoms with Crippen LogP contribution in [0.2, 0.25) is 0 Å². The summed E-state index contributed by atoms with van der Waals surface area (Å²) in [5.41, 5.74) is 0.0988. The summed E-state index contributed by atoms with van der Waals surface area (Å²) in [7, 11) is 0. The van der Waals surface area contributed by atoms with E-state index >= 15 is 0 Å². The highest BCUT2D eigenvalue weighted by atomic mass is 16.5. The minimum Gasteiger partial charge on any atom is -0.478 e. The molecule has 0 saturated carbocycles. The molecule has 0 aromatic heterocycles. The molecule has 0 radical (unpaired) electrons. The molecule has 0 rings (SSSR count). The number of hydrogen-bond donors (Lipinski definition) is 2. The Morgan fingerprint density at radius 3 is 1.48 bits per heavy atom. The van der Waals surface area contributed by atoms with Gasteiger partial charge in [-0.15, -0.1) is 0 Å². The fourth-order valence-corrected chi connectivity index (χ4v) is 3.52. The lowest BCUT2D eigenvalue weighted by molar-refractivity contribution is -0.133. The normalized spacial score (nSPS) is 11.6. The molecular weight excluding hydrogens is 392 g/mol. The van der Waals surface area contributed by atoms with Crippen molar-refractivity contribution < 1.29 is 24.5 Å². The van der Waals surface area contributed by atoms with E-state index in [1.54, 1.807) is 6.08 Å². The average Bonchev–Trinajstić information content (AvgIpc) is 2.74. The van der Waals surface area contributed by atoms with Crippen LogP contribution < -0.4 is 0 Å². The zero-order valence-electron chi connectivity index (χ0n) is 19.8. The number of ether oxygens (including phenoxy) is 1. The van der Waals surface area contributed by atoms with Gasteiger partial charge in [-0.25, -0.2) is 9.59 Å². The molecule has 0 amide bonds. The molecule has 5 nitrogen and oxygen atoms in total. The predicted molar refractivity (Wildman–Crippen MR) is 127 cm³/mol. The standard InChI is InChI=1S/C26H46O5/c1-3-4-5-6-7-8-9-10-11-12-13-14-15-16-17-18-19-20-24(26(29)30)22-31-21-23(2)25(27)28/h20H,2-19,21-22H2,1H3,(H,27,28)(H,29,30)/b24-20-. The maximum absolute atomic E-state index is 11.2. The van der Waals surface area contributed by atoms with Crippen LogP contribution >= 0.6 is 0 Å². The Hall–Kier alpha value is -1.62. The summed E-state index contributed by atoms with van der Waals surface area (Å²) in [6.45, 7) is 5.35. The fraction of sp³-hybridized carbons (Fsp3) is 0.769. The van der Waals surface area contributed by atoms with Crippen molar-refractivity contribution in [1.29, 1.82) is 0 Å². The van der Waals surface area contributed by atoms with E-state index in [9.17, 15) is 14.7 Å². The number of carboxylic acid groups (broad SMARTS) is 2. The average molecular weight is 439 g/mol. The Bertz CT molecular complexity index is 510. The highest BCUT2D eigenvalue weighted by Crippen LogP contribution is 2.14. The Morgan fingerprint density at radius 2 is 1.10 bits per heavy atom. The molecule has 0 spiro atoms. The SMILES string of the molecule is C=C(COC/C(=C/CCCCCCCCCCCCCCCCCC)C(=O)O)C(=O)O. The summed E-state index contributed by atoms with van der Waals surface area (Å²) in [6, 6.07) is 0. The number of unbranched alkanes of at least 4 members (excludes halogenated alkanes) is 16. The third-order valence-electron chi connectivity index (χ3n) is 5.56. The van der Waals surface area contributed by atoms with Gasteiger partial charge in [-0.3, -0.25) is 0 Å². The molecule has 0 unspecified atom stereocenters. The van der Waals surface area contributed by atoms with Gasteiger partial charge in [0.25, 0.3) is 0 Å². The maximum atomic E-state index is 11.2. The summed E-state index contributed by atoms with van der Waals surface area (Å²) < 4.78 is 5.13. The maximum Gasteiger partial charge on any atom is 0.333 e. The van der Waals surface area contributed by atoms with E-state index in [0.717, 1.165) is 12.8 Å². The molecule has 31 heavy (non-hydrogen) atoms. The lowest BCUT2D eigenvalue weighted by atomic mass is 10.0. The number of allylic oxidation sites excluding steroid dienone is 1. The van der Waals surface area contributed by atoms with E-state index in [0.29, 0.717) is 6.42 Å². The zero-order chi connectivity index (χ0) is 23.2. The van der Waals surface area contributed by atoms with E-state index in [4.69, 9.17) is 9.84 Å². The fourth-order valence-electron chi connectivity index (χ4n) is 3.52. The van der Waals surface area contributed by atoms with Crippen LogP contribution in [-0.4, -0.2) is 35.4 Å². The second-order valence-corrected chi connectivity index (χ2v) is 8.53. The molecule has 2 N–H and O–H groups in total. The molecule has 0 atom stereocenters. The van der Waals surface area contributed by atoms with E-state index in [-0.39, 0.29) is 24.4 Å². The van der Waals surface area contributed by atoms with Crippen molar-refractivity contribution in [1.82, 2.24) is 0 Å². The molecule has 0 aromatic carbocycles. The lowest BCUT2D eigenvalue weighted by Crippen LogP contribution is -2.12. The molecule has 0 saturated heterocycles. The van der Waals surface area contributed by atoms with Crippen molar-refractivity contribution in [2.75, 3.05) is 13.2 Å². The monoisotopic (exact) mass is 438 g/mol. The van der Waals surface area contributed by atoms with Crippen LogP contribution in [0.25, 0.3) is 0 Å². The molecule has 0 heterocycles. The van der Waals surface area contributed by atoms with Crippen LogP contribution in [0, 0.1) is 0 Å². The first-order valence-electron chi connectivity index (χ1n) is 12.4. The van der Waals surface area contributed by atoms with E-state index in [1.807, 2.05) is 0 Å². The molecule has 180 valence electrons. The first-order valence-corrected chi connectivity index (χ1v) is 12.4. The van der Waals surface area contributed by atoms with Gasteiger partial charge in [0, 0.05) is 0 Å². The second kappa shape index (κ2) is 21.6. The molecule has 0 aliphatic heterocycles. The summed E-state index contributed by atoms with van der Waals surface area (Å²) in [4.78, 5) is 21.9. The quantitative estimate of drug-likeness (QED) is 0.129. The molecule has 0 aliphatic carbocycles. The van der Waals surface area contributed by atoms with Crippen molar-refractivity contribution in [2.24, 2.45) is 0 Å². The molecule has 0 fully saturated rings. The van der Waals surface area contributed by atoms with Gasteiger partial charge in [0.2, 0.25) is 0 Å². The molecule has 0 aromatic rings. The molecule has 0 bridgehead atoms. The molecule has 5 heteroatoms. The largest absolute Gasteiger partial charge is 0.478 e. The third kappa shape index (κ3) is 20.1. The van der Waals surface area contributed by atoms with Crippen LogP contribution in [0.1, 0.15) is 116 Å². The van der Waals surface area contributed by atoms with Crippen molar-refractivity contribution in [3.8, 4) is 0 Å². The Balaban J connectivity index is 3.52. The van der Waals surface area contributed by atoms with Crippen LogP contribution in [0.3, 0.4) is 0 Å². The van der Waals surface area contributed by atoms with Gasteiger partial charge in [0.15, 0.2) is 0 Å². The molecular formula is C26H46O5. The smallest absolute Gasteiger partial charge is 0.333 e. The van der Waals surface area contributed by atoms with Gasteiger partial charge in [0.1, 0.15) is 0 Å². The lowest BCUT2D eigenvalue weighted by Gasteiger charge is -2.05. The van der Waals surface area contributed by atoms with E-state index in [2.05, 4.69) is 13.5 Å². The van der Waals surface area contributed by atoms with Crippen molar-refractivity contribution >= 4 is 11.9 Å². The molecule has 0 aliphatic rings. The minimum absolute atomic E-state index is 0.0810. The zero-order valence-corrected chi connectivity index (χ0v) is 19.8. The number of hydrogen-bond acceptors (Lipinski definition) is 3. The Kier molecular flexibility index (Phi) is 20.5. The van der Waals surface area contributed by atoms with Gasteiger partial charge in [-0.05, 0) is 12.8 Å². The van der Waals surface area contributed by atoms with Crippen LogP contribution in [0.5, 0.6) is 0 Å². The summed E-state index contributed by atoms with van der Waals surface area (Å²) >= 11 is 0. The first-order chi connectivity index (χ1) is 15.0. The van der Waals surface area contributed by atoms with Crippen molar-refractivity contribution in [3.63, 3.8) is 0 Å². The number of carboxylic acids is 2. The minimum atomic E-state index is -1.13. The highest BCUT2D eigenvalue weighted by molar-refractivity contribution is 5.87. The summed E-state index contributed by atoms with van der Waals surface area (Å²) in [5.74, 6) is -2.15. The summed E-state index contributed by atoms with van der Waals surface area (Å²) in [5, 5.41) is 17.9. The van der Waals surface area contributed by atoms with Gasteiger partial charge < -0.3 is 14.9 Å². The predicted octanol–water partition coefficient (Wildman–Crippen LogP) is 7.31. The summed E-state index contributed by atoms with van der Waals surface area (Å²) in [6.07, 6.45) is 23.4. The topological polar surface area (TPSA) is 83.8 Å². The van der Waals surface area contributed by atoms with E-state index in [1.165, 1.54) is 89.9 Å². The Labute approximate surface area is 190 Å². The van der Waals surface area contributed by atoms with Gasteiger partial charge in [-0.1, -0.05) is 116 Å². The van der Waals surface area contributed by atoms with Crippen LogP contribution in [-0.2, 0) is 14.3 Å². The van der Waals surface area contributed by atoms with Gasteiger partial charge in [0.05, 0.1) is 24.4 Å². The van der Waals surface area contributed by atoms with Crippen molar-refractivity contribution in [2.45, 2.75) is 116 Å². The van der Waals surface area contributed by atoms with Gasteiger partial charge >= 0.3 is 11.9 Å². The van der Waals surface area contributed by atoms with Gasteiger partial charge in [-0.2, -0.15) is 0 Å². The van der Waals surface area contributed by atoms with E-state index < -0.39 is 11.9 Å². The van der Waals surface area contributed by atoms with Crippen molar-refractivity contribution in [3.05, 3.63) is 23.8 Å².